The minimum Gasteiger partial charge on any atom is -0.494 e. The average Bonchev–Trinajstić information content (AvgIpc) is 1.22. The van der Waals surface area contributed by atoms with E-state index >= 15 is 0 Å². The van der Waals surface area contributed by atoms with Crippen LogP contribution in [0.1, 0.15) is 152 Å². The maximum atomic E-state index is 14.1. The highest BCUT2D eigenvalue weighted by Crippen LogP contribution is 2.45. The van der Waals surface area contributed by atoms with Crippen LogP contribution in [0.4, 0.5) is 34.6 Å². The van der Waals surface area contributed by atoms with Crippen molar-refractivity contribution in [1.82, 2.24) is 38.7 Å². The molecule has 10 aromatic rings. The Morgan fingerprint density at radius 3 is 1.39 bits per heavy atom. The van der Waals surface area contributed by atoms with E-state index in [2.05, 4.69) is 72.3 Å². The molecule has 0 saturated carbocycles. The van der Waals surface area contributed by atoms with Crippen LogP contribution in [0.25, 0.3) is 22.1 Å². The summed E-state index contributed by atoms with van der Waals surface area (Å²) in [4.78, 5) is 86.5. The van der Waals surface area contributed by atoms with Gasteiger partial charge in [-0.15, -0.1) is 0 Å². The van der Waals surface area contributed by atoms with Gasteiger partial charge in [0.15, 0.2) is 33.5 Å². The predicted octanol–water partition coefficient (Wildman–Crippen LogP) is 10.8. The number of anilines is 6. The number of nitrogens with one attached hydrogen (secondary N) is 4. The lowest BCUT2D eigenvalue weighted by atomic mass is 9.89. The van der Waals surface area contributed by atoms with E-state index in [1.807, 2.05) is 98.8 Å². The quantitative estimate of drug-likeness (QED) is 0.00738. The first kappa shape index (κ1) is 99.6. The molecule has 2 unspecified atom stereocenters. The van der Waals surface area contributed by atoms with Crippen LogP contribution < -0.4 is 74.6 Å². The van der Waals surface area contributed by atoms with Gasteiger partial charge in [0.2, 0.25) is 35.5 Å². The number of rotatable bonds is 40. The third-order valence-corrected chi connectivity index (χ3v) is 28.5. The minimum absolute atomic E-state index is 0.0485. The van der Waals surface area contributed by atoms with Gasteiger partial charge in [-0.3, -0.25) is 48.8 Å². The van der Waals surface area contributed by atoms with Crippen molar-refractivity contribution in [3.8, 4) is 23.0 Å². The first-order valence-electron chi connectivity index (χ1n) is 44.6. The number of carbonyl (C=O) groups is 6. The molecule has 14 rings (SSSR count). The number of fused-ring (bicyclic) bond motifs is 4. The second kappa shape index (κ2) is 44.5. The second-order valence-electron chi connectivity index (χ2n) is 34.3. The van der Waals surface area contributed by atoms with Gasteiger partial charge >= 0.3 is 0 Å². The molecule has 16 N–H and O–H groups in total. The summed E-state index contributed by atoms with van der Waals surface area (Å²) in [5.74, 6) is -2.00. The third-order valence-electron chi connectivity index (χ3n) is 24.0. The van der Waals surface area contributed by atoms with Crippen molar-refractivity contribution in [3.63, 3.8) is 0 Å². The maximum absolute atomic E-state index is 14.1. The number of nitrogens with two attached hydrogens (primary N) is 6. The van der Waals surface area contributed by atoms with E-state index in [9.17, 15) is 28.8 Å². The molecule has 0 radical (unpaired) electrons. The Bertz CT molecular complexity index is 5920. The largest absolute Gasteiger partial charge is 0.494 e. The molecule has 0 spiro atoms. The Labute approximate surface area is 782 Å². The number of benzene rings is 6. The van der Waals surface area contributed by atoms with Crippen molar-refractivity contribution < 1.29 is 99.5 Å². The fourth-order valence-electron chi connectivity index (χ4n) is 16.2. The number of primary amides is 4. The van der Waals surface area contributed by atoms with Crippen LogP contribution in [-0.2, 0) is 78.0 Å². The molecule has 135 heavy (non-hydrogen) atoms. The van der Waals surface area contributed by atoms with Crippen LogP contribution in [0.3, 0.4) is 0 Å². The van der Waals surface area contributed by atoms with Gasteiger partial charge in [0.1, 0.15) is 93.4 Å². The van der Waals surface area contributed by atoms with E-state index in [0.717, 1.165) is 11.1 Å². The van der Waals surface area contributed by atoms with Gasteiger partial charge in [0.05, 0.1) is 93.8 Å². The Morgan fingerprint density at radius 2 is 0.926 bits per heavy atom. The van der Waals surface area contributed by atoms with Crippen LogP contribution in [0, 0.1) is 19.8 Å². The van der Waals surface area contributed by atoms with Crippen molar-refractivity contribution in [2.75, 3.05) is 114 Å². The number of hydrogen-bond donors (Lipinski definition) is 10. The van der Waals surface area contributed by atoms with Gasteiger partial charge < -0.3 is 125 Å². The molecule has 8 heterocycles. The number of nitrogens with zero attached hydrogens (tertiary/aromatic N) is 8. The highest BCUT2D eigenvalue weighted by Gasteiger charge is 2.55. The van der Waals surface area contributed by atoms with Crippen LogP contribution in [0.5, 0.6) is 23.0 Å². The van der Waals surface area contributed by atoms with Gasteiger partial charge in [-0.05, 0) is 106 Å². The molecule has 6 amide bonds. The number of aromatic nitrogens is 8. The third kappa shape index (κ3) is 23.4. The Hall–Kier alpha value is -12.8. The number of ether oxygens (including phenoxy) is 14. The lowest BCUT2D eigenvalue weighted by Gasteiger charge is -2.51. The normalized spacial score (nSPS) is 20.6. The van der Waals surface area contributed by atoms with E-state index in [1.54, 1.807) is 76.9 Å². The zero-order valence-electron chi connectivity index (χ0n) is 78.3. The topological polar surface area (TPSA) is 516 Å². The Balaban J connectivity index is 0.000000255. The number of nitrogen functional groups attached to an aromatic ring is 2. The van der Waals surface area contributed by atoms with E-state index in [0.29, 0.717) is 137 Å². The van der Waals surface area contributed by atoms with E-state index in [-0.39, 0.29) is 109 Å². The Morgan fingerprint density at radius 1 is 0.511 bits per heavy atom. The van der Waals surface area contributed by atoms with Crippen molar-refractivity contribution in [2.24, 2.45) is 28.9 Å². The first-order chi connectivity index (χ1) is 64.7. The molecule has 4 aromatic heterocycles. The fraction of sp³-hybridized carbons (Fsp3) is 0.432. The maximum Gasteiger partial charge on any atom is 0.276 e. The molecular formula is C95H122N18O21Si. The Kier molecular flexibility index (Phi) is 32.9. The van der Waals surface area contributed by atoms with E-state index < -0.39 is 93.3 Å². The number of imidazole rings is 2. The average molecular weight is 1880 g/mol. The summed E-state index contributed by atoms with van der Waals surface area (Å²) in [6.07, 6.45) is 2.49. The van der Waals surface area contributed by atoms with Crippen LogP contribution in [-0.4, -0.2) is 219 Å². The molecule has 722 valence electrons. The smallest absolute Gasteiger partial charge is 0.276 e. The zero-order valence-corrected chi connectivity index (χ0v) is 79.3. The summed E-state index contributed by atoms with van der Waals surface area (Å²) in [5.41, 5.74) is 42.8. The van der Waals surface area contributed by atoms with Gasteiger partial charge in [-0.2, -0.15) is 10.2 Å². The van der Waals surface area contributed by atoms with Crippen LogP contribution >= 0.6 is 0 Å². The number of methoxy groups -OCH3 is 4. The predicted molar refractivity (Wildman–Crippen MR) is 507 cm³/mol. The van der Waals surface area contributed by atoms with Crippen molar-refractivity contribution in [2.45, 2.75) is 180 Å². The van der Waals surface area contributed by atoms with Crippen molar-refractivity contribution >= 4 is 100 Å². The molecule has 40 heteroatoms. The number of hydrogen-bond acceptors (Lipinski definition) is 29. The highest BCUT2D eigenvalue weighted by molar-refractivity contribution is 6.74. The standard InChI is InChI=1S/C58H74N12O12Si.C37H48N6O9/c1-12-69-40(26-33(3)65-69)52(73)63-56-61-38-28-36(50(59)71)30-42(75-8)45(38)67(56)22-17-18-23-68-46-39(62-57(68)64-53(74)41-27-34(4)66-70(41)13-2)29-37(51(60)72)31-43(46)77-24-19-25-78-49-48(82-83(10,11)58(5,6)7)47-44(80-55(49)76-9)32-79-54(81-47)35-20-15-14-16-21-35;1-21-32-29(20-50-36(52-32)22-10-5-4-6-11-22)51-37(47-3)33(21)49-15-9-14-48-28-19-24(35(41)45)17-26(39)31(28)43-13-8-7-12-42-30-25(38)16-23(34(40)44)18-27(30)46-2/h14-18,20-21,26-31,44,47-49,54-55H,12-13,19,22-25,32H2,1-11H3,(H2,59,71)(H2,60,72)(H,61,63,73)(H,62,64,74);4-8,10-11,16-19,21,29,32-33,36-37,42-43H,9,12-15,20,38-39H2,1-3H3,(H2,40,44)(H2,41,45)/b18-17+;8-7+/t44-,47-,48+,49-,54?,55+;21-,29+,32-,33+,36?,37-/m10/s1. The van der Waals surface area contributed by atoms with Gasteiger partial charge in [-0.1, -0.05) is 113 Å². The molecule has 39 nitrogen and oxygen atoms in total. The molecule has 12 atom stereocenters. The van der Waals surface area contributed by atoms with Crippen LogP contribution in [0.15, 0.2) is 146 Å². The van der Waals surface area contributed by atoms with Crippen molar-refractivity contribution in [1.29, 1.82) is 0 Å². The molecule has 4 aliphatic heterocycles. The number of amides is 6. The molecule has 0 bridgehead atoms. The lowest BCUT2D eigenvalue weighted by Crippen LogP contribution is -2.66. The monoisotopic (exact) mass is 1880 g/mol. The molecule has 0 aliphatic carbocycles. The molecule has 4 saturated heterocycles. The highest BCUT2D eigenvalue weighted by atomic mass is 28.4. The second-order valence-corrected chi connectivity index (χ2v) is 39.0. The summed E-state index contributed by atoms with van der Waals surface area (Å²) >= 11 is 0. The molecular weight excluding hydrogens is 1760 g/mol. The number of allylic oxidation sites excluding steroid dienone is 2. The van der Waals surface area contributed by atoms with Crippen molar-refractivity contribution in [3.05, 3.63) is 202 Å². The summed E-state index contributed by atoms with van der Waals surface area (Å²) in [6, 6.07) is 35.1. The number of carbonyl (C=O) groups excluding carboxylic acids is 6. The van der Waals surface area contributed by atoms with Gasteiger partial charge in [0, 0.05) is 106 Å². The summed E-state index contributed by atoms with van der Waals surface area (Å²) in [6.45, 7) is 23.7. The molecule has 6 aromatic carbocycles. The first-order valence-corrected chi connectivity index (χ1v) is 47.5. The fourth-order valence-corrected chi connectivity index (χ4v) is 17.5. The van der Waals surface area contributed by atoms with Gasteiger partial charge in [-0.25, -0.2) is 9.97 Å². The summed E-state index contributed by atoms with van der Waals surface area (Å²) in [7, 11) is 3.63. The number of aryl methyl sites for hydroxylation is 4. The van der Waals surface area contributed by atoms with E-state index in [4.69, 9.17) is 115 Å². The summed E-state index contributed by atoms with van der Waals surface area (Å²) in [5, 5.41) is 21.1. The SMILES string of the molecule is CCn1nc(C)cc1C(=O)Nc1nc2cc(C(N)=O)cc(OC)c2n1C/C=C/Cn1c(NC(=O)c2cc(C)nn2CC)nc2cc(C(N)=O)cc(OCCCO[C@H]3[C@@H](OC)O[C@@H]4COC(c5ccccc5)O[C@H]4[C@@H]3O[Si](C)(C)C(C)(C)C)c21.COc1cc(C(N)=O)cc(N)c1NC/C=C/CNc1c(N)cc(C(N)=O)cc1OCCCO[C@H]1[C@@H](OC)O[C@@H]2COC(c3ccccc3)O[C@H]2[C@@H]1C. The molecule has 4 aliphatic rings. The zero-order chi connectivity index (χ0) is 96.7. The van der Waals surface area contributed by atoms with Crippen LogP contribution in [0.2, 0.25) is 18.1 Å². The van der Waals surface area contributed by atoms with Gasteiger partial charge in [0.25, 0.3) is 11.8 Å². The minimum atomic E-state index is -2.46. The lowest BCUT2D eigenvalue weighted by molar-refractivity contribution is -0.360. The molecule has 4 fully saturated rings. The van der Waals surface area contributed by atoms with E-state index in [1.165, 1.54) is 44.6 Å². The summed E-state index contributed by atoms with van der Waals surface area (Å²) < 4.78 is 100.